The summed E-state index contributed by atoms with van der Waals surface area (Å²) in [5, 5.41) is 13.7. The van der Waals surface area contributed by atoms with Crippen LogP contribution in [0, 0.1) is 5.92 Å². The second kappa shape index (κ2) is 8.74. The lowest BCUT2D eigenvalue weighted by Gasteiger charge is -2.07. The predicted octanol–water partition coefficient (Wildman–Crippen LogP) is 0.967. The highest BCUT2D eigenvalue weighted by molar-refractivity contribution is 5.73. The Morgan fingerprint density at radius 3 is 2.44 bits per heavy atom. The summed E-state index contributed by atoms with van der Waals surface area (Å²) < 4.78 is 5.43. The number of rotatable bonds is 10. The lowest BCUT2D eigenvalue weighted by Crippen LogP contribution is -2.36. The zero-order valence-corrected chi connectivity index (χ0v) is 10.6. The number of urea groups is 1. The van der Waals surface area contributed by atoms with Crippen molar-refractivity contribution in [3.8, 4) is 0 Å². The fraction of sp³-hybridized carbons (Fsp3) is 0.833. The molecule has 0 bridgehead atoms. The first-order valence-corrected chi connectivity index (χ1v) is 6.49. The molecule has 0 atom stereocenters. The topological polar surface area (TPSA) is 87.7 Å². The van der Waals surface area contributed by atoms with Gasteiger partial charge in [0, 0.05) is 32.7 Å². The summed E-state index contributed by atoms with van der Waals surface area (Å²) in [5.74, 6) is -0.0690. The molecule has 2 amide bonds. The van der Waals surface area contributed by atoms with Gasteiger partial charge in [0.2, 0.25) is 0 Å². The van der Waals surface area contributed by atoms with Gasteiger partial charge in [0.25, 0.3) is 0 Å². The van der Waals surface area contributed by atoms with Crippen LogP contribution in [0.5, 0.6) is 0 Å². The summed E-state index contributed by atoms with van der Waals surface area (Å²) in [7, 11) is 0. The molecule has 1 aliphatic carbocycles. The second-order valence-corrected chi connectivity index (χ2v) is 4.55. The molecular weight excluding hydrogens is 236 g/mol. The maximum Gasteiger partial charge on any atom is 0.314 e. The van der Waals surface area contributed by atoms with Crippen molar-refractivity contribution in [1.29, 1.82) is 0 Å². The first-order valence-electron chi connectivity index (χ1n) is 6.49. The third-order valence-electron chi connectivity index (χ3n) is 2.65. The molecule has 6 heteroatoms. The molecule has 1 saturated carbocycles. The van der Waals surface area contributed by atoms with E-state index in [-0.39, 0.29) is 12.5 Å². The minimum absolute atomic E-state index is 0.0787. The van der Waals surface area contributed by atoms with Crippen molar-refractivity contribution in [3.05, 3.63) is 0 Å². The predicted molar refractivity (Wildman–Crippen MR) is 66.4 cm³/mol. The molecule has 1 aliphatic rings. The Bertz CT molecular complexity index is 267. The van der Waals surface area contributed by atoms with Crippen LogP contribution in [-0.4, -0.2) is 43.4 Å². The molecule has 0 radical (unpaired) electrons. The van der Waals surface area contributed by atoms with Crippen molar-refractivity contribution in [2.24, 2.45) is 5.92 Å². The number of ether oxygens (including phenoxy) is 1. The quantitative estimate of drug-likeness (QED) is 0.509. The van der Waals surface area contributed by atoms with Crippen LogP contribution in [0.2, 0.25) is 0 Å². The summed E-state index contributed by atoms with van der Waals surface area (Å²) in [5.41, 5.74) is 0. The first kappa shape index (κ1) is 14.8. The average Bonchev–Trinajstić information content (AvgIpc) is 3.13. The van der Waals surface area contributed by atoms with E-state index in [4.69, 9.17) is 9.84 Å². The summed E-state index contributed by atoms with van der Waals surface area (Å²) in [6.45, 7) is 2.49. The molecule has 3 N–H and O–H groups in total. The third-order valence-corrected chi connectivity index (χ3v) is 2.65. The van der Waals surface area contributed by atoms with Gasteiger partial charge in [-0.05, 0) is 31.6 Å². The molecule has 0 aromatic carbocycles. The summed E-state index contributed by atoms with van der Waals surface area (Å²) in [4.78, 5) is 21.5. The van der Waals surface area contributed by atoms with Crippen LogP contribution in [0.1, 0.15) is 32.1 Å². The van der Waals surface area contributed by atoms with Crippen molar-refractivity contribution in [3.63, 3.8) is 0 Å². The number of carbonyl (C=O) groups excluding carboxylic acids is 1. The molecule has 0 heterocycles. The Hall–Kier alpha value is -1.30. The summed E-state index contributed by atoms with van der Waals surface area (Å²) in [6, 6.07) is -0.248. The van der Waals surface area contributed by atoms with Gasteiger partial charge >= 0.3 is 12.0 Å². The maximum atomic E-state index is 11.2. The molecule has 0 aliphatic heterocycles. The summed E-state index contributed by atoms with van der Waals surface area (Å²) >= 11 is 0. The third kappa shape index (κ3) is 8.81. The normalized spacial score (nSPS) is 14.2. The molecule has 0 spiro atoms. The molecule has 1 fully saturated rings. The van der Waals surface area contributed by atoms with Crippen LogP contribution in [0.25, 0.3) is 0 Å². The van der Waals surface area contributed by atoms with E-state index in [1.165, 1.54) is 12.8 Å². The molecule has 18 heavy (non-hydrogen) atoms. The van der Waals surface area contributed by atoms with Crippen molar-refractivity contribution >= 4 is 12.0 Å². The second-order valence-electron chi connectivity index (χ2n) is 4.55. The van der Waals surface area contributed by atoms with Crippen LogP contribution in [0.4, 0.5) is 4.79 Å². The first-order chi connectivity index (χ1) is 8.68. The highest BCUT2D eigenvalue weighted by atomic mass is 16.5. The number of hydrogen-bond donors (Lipinski definition) is 3. The van der Waals surface area contributed by atoms with E-state index in [2.05, 4.69) is 10.6 Å². The Kier molecular flexibility index (Phi) is 7.17. The van der Waals surface area contributed by atoms with E-state index in [0.717, 1.165) is 18.9 Å². The van der Waals surface area contributed by atoms with Crippen LogP contribution >= 0.6 is 0 Å². The fourth-order valence-electron chi connectivity index (χ4n) is 1.41. The molecular formula is C12H22N2O4. The van der Waals surface area contributed by atoms with Crippen LogP contribution in [0.15, 0.2) is 0 Å². The van der Waals surface area contributed by atoms with E-state index in [1.807, 2.05) is 0 Å². The number of aliphatic carboxylic acids is 1. The number of carbonyl (C=O) groups is 2. The summed E-state index contributed by atoms with van der Waals surface area (Å²) in [6.07, 6.45) is 3.91. The Morgan fingerprint density at radius 2 is 1.83 bits per heavy atom. The van der Waals surface area contributed by atoms with E-state index in [0.29, 0.717) is 26.1 Å². The Labute approximate surface area is 107 Å². The van der Waals surface area contributed by atoms with E-state index >= 15 is 0 Å². The fourth-order valence-corrected chi connectivity index (χ4v) is 1.41. The zero-order chi connectivity index (χ0) is 13.2. The highest BCUT2D eigenvalue weighted by Crippen LogP contribution is 2.28. The van der Waals surface area contributed by atoms with Crippen LogP contribution < -0.4 is 10.6 Å². The zero-order valence-electron chi connectivity index (χ0n) is 10.6. The van der Waals surface area contributed by atoms with Gasteiger partial charge in [-0.1, -0.05) is 0 Å². The number of hydrogen-bond acceptors (Lipinski definition) is 3. The molecule has 1 rings (SSSR count). The molecule has 0 unspecified atom stereocenters. The van der Waals surface area contributed by atoms with Gasteiger partial charge in [-0.2, -0.15) is 0 Å². The Balaban J connectivity index is 1.79. The van der Waals surface area contributed by atoms with Gasteiger partial charge in [-0.3, -0.25) is 4.79 Å². The number of amides is 2. The molecule has 6 nitrogen and oxygen atoms in total. The van der Waals surface area contributed by atoms with Crippen molar-refractivity contribution in [1.82, 2.24) is 10.6 Å². The van der Waals surface area contributed by atoms with Gasteiger partial charge in [0.15, 0.2) is 0 Å². The SMILES string of the molecule is O=C(O)CCCNC(=O)NCCCOCC1CC1. The van der Waals surface area contributed by atoms with E-state index in [9.17, 15) is 9.59 Å². The van der Waals surface area contributed by atoms with Crippen LogP contribution in [0.3, 0.4) is 0 Å². The van der Waals surface area contributed by atoms with Gasteiger partial charge < -0.3 is 20.5 Å². The minimum Gasteiger partial charge on any atom is -0.481 e. The van der Waals surface area contributed by atoms with E-state index in [1.54, 1.807) is 0 Å². The van der Waals surface area contributed by atoms with Crippen molar-refractivity contribution in [2.75, 3.05) is 26.3 Å². The molecule has 104 valence electrons. The molecule has 0 aromatic rings. The Morgan fingerprint density at radius 1 is 1.17 bits per heavy atom. The van der Waals surface area contributed by atoms with Crippen molar-refractivity contribution < 1.29 is 19.4 Å². The van der Waals surface area contributed by atoms with Crippen molar-refractivity contribution in [2.45, 2.75) is 32.1 Å². The maximum absolute atomic E-state index is 11.2. The van der Waals surface area contributed by atoms with Gasteiger partial charge in [-0.15, -0.1) is 0 Å². The average molecular weight is 258 g/mol. The highest BCUT2D eigenvalue weighted by Gasteiger charge is 2.20. The largest absolute Gasteiger partial charge is 0.481 e. The standard InChI is InChI=1S/C12H22N2O4/c15-11(16)3-1-6-13-12(17)14-7-2-8-18-9-10-4-5-10/h10H,1-9H2,(H,15,16)(H2,13,14,17). The lowest BCUT2D eigenvalue weighted by molar-refractivity contribution is -0.137. The van der Waals surface area contributed by atoms with Gasteiger partial charge in [-0.25, -0.2) is 4.79 Å². The number of carboxylic acids is 1. The number of nitrogens with one attached hydrogen (secondary N) is 2. The van der Waals surface area contributed by atoms with Gasteiger partial charge in [0.05, 0.1) is 0 Å². The monoisotopic (exact) mass is 258 g/mol. The molecule has 0 aromatic heterocycles. The molecule has 0 saturated heterocycles. The lowest BCUT2D eigenvalue weighted by atomic mass is 10.3. The minimum atomic E-state index is -0.843. The van der Waals surface area contributed by atoms with Crippen LogP contribution in [-0.2, 0) is 9.53 Å². The van der Waals surface area contributed by atoms with Gasteiger partial charge in [0.1, 0.15) is 0 Å². The smallest absolute Gasteiger partial charge is 0.314 e. The van der Waals surface area contributed by atoms with E-state index < -0.39 is 5.97 Å². The number of carboxylic acid groups (broad SMARTS) is 1.